The lowest BCUT2D eigenvalue weighted by Crippen LogP contribution is -2.21. The van der Waals surface area contributed by atoms with Crippen molar-refractivity contribution in [1.82, 2.24) is 24.7 Å². The maximum atomic E-state index is 13.1. The van der Waals surface area contributed by atoms with E-state index < -0.39 is 11.4 Å². The summed E-state index contributed by atoms with van der Waals surface area (Å²) in [6.45, 7) is 2.13. The van der Waals surface area contributed by atoms with Crippen molar-refractivity contribution in [2.75, 3.05) is 20.8 Å². The fraction of sp³-hybridized carbons (Fsp3) is 0.222. The summed E-state index contributed by atoms with van der Waals surface area (Å²) in [5.74, 6) is 0.479. The third-order valence-electron chi connectivity index (χ3n) is 5.78. The molecule has 0 unspecified atom stereocenters. The predicted molar refractivity (Wildman–Crippen MR) is 144 cm³/mol. The summed E-state index contributed by atoms with van der Waals surface area (Å²) in [6, 6.07) is 15.0. The molecule has 200 valence electrons. The Balaban J connectivity index is 1.55. The summed E-state index contributed by atoms with van der Waals surface area (Å²) in [4.78, 5) is 21.9. The molecule has 0 fully saturated rings. The van der Waals surface area contributed by atoms with E-state index in [0.29, 0.717) is 23.8 Å². The maximum Gasteiger partial charge on any atom is 0.289 e. The molecule has 39 heavy (non-hydrogen) atoms. The third kappa shape index (κ3) is 5.24. The molecule has 0 spiro atoms. The normalized spacial score (nSPS) is 11.1. The van der Waals surface area contributed by atoms with Gasteiger partial charge in [-0.3, -0.25) is 9.36 Å². The summed E-state index contributed by atoms with van der Waals surface area (Å²) in [7, 11) is 2.97. The summed E-state index contributed by atoms with van der Waals surface area (Å²) in [6.07, 6.45) is 0.251. The lowest BCUT2D eigenvalue weighted by molar-refractivity contribution is 0.125. The molecule has 5 aromatic rings. The number of methoxy groups -OCH3 is 2. The largest absolute Gasteiger partial charge is 0.494 e. The first-order chi connectivity index (χ1) is 19.0. The van der Waals surface area contributed by atoms with E-state index in [9.17, 15) is 9.90 Å². The summed E-state index contributed by atoms with van der Waals surface area (Å²) < 4.78 is 23.7. The number of benzene rings is 2. The number of rotatable bonds is 10. The number of hydrogen-bond donors (Lipinski definition) is 1. The van der Waals surface area contributed by atoms with Crippen molar-refractivity contribution in [2.45, 2.75) is 20.0 Å². The van der Waals surface area contributed by atoms with Crippen LogP contribution in [0.4, 0.5) is 0 Å². The minimum absolute atomic E-state index is 0.0521. The highest BCUT2D eigenvalue weighted by Gasteiger charge is 2.27. The van der Waals surface area contributed by atoms with Crippen LogP contribution in [0.15, 0.2) is 63.1 Å². The molecule has 0 saturated heterocycles. The van der Waals surface area contributed by atoms with E-state index >= 15 is 0 Å². The first kappa shape index (κ1) is 26.1. The molecule has 0 saturated carbocycles. The first-order valence-corrected chi connectivity index (χ1v) is 12.9. The van der Waals surface area contributed by atoms with Gasteiger partial charge in [0, 0.05) is 17.6 Å². The Morgan fingerprint density at radius 2 is 1.74 bits per heavy atom. The van der Waals surface area contributed by atoms with Crippen molar-refractivity contribution < 1.29 is 23.7 Å². The Morgan fingerprint density at radius 3 is 2.44 bits per heavy atom. The van der Waals surface area contributed by atoms with E-state index in [1.165, 1.54) is 30.1 Å². The average Bonchev–Trinajstić information content (AvgIpc) is 3.62. The van der Waals surface area contributed by atoms with Crippen LogP contribution >= 0.6 is 11.3 Å². The molecular weight excluding hydrogens is 522 g/mol. The summed E-state index contributed by atoms with van der Waals surface area (Å²) in [5.41, 5.74) is 1.07. The topological polar surface area (TPSA) is 135 Å². The number of ether oxygens (including phenoxy) is 3. The lowest BCUT2D eigenvalue weighted by atomic mass is 10.2. The van der Waals surface area contributed by atoms with Crippen LogP contribution in [0.25, 0.3) is 27.7 Å². The Hall–Kier alpha value is -4.55. The van der Waals surface area contributed by atoms with Gasteiger partial charge in [0.15, 0.2) is 5.56 Å². The Kier molecular flexibility index (Phi) is 7.66. The van der Waals surface area contributed by atoms with E-state index in [4.69, 9.17) is 18.6 Å². The number of nitrogens with zero attached hydrogens (tertiary/aromatic N) is 5. The van der Waals surface area contributed by atoms with E-state index in [-0.39, 0.29) is 36.2 Å². The van der Waals surface area contributed by atoms with Crippen LogP contribution < -0.4 is 15.0 Å². The second-order valence-electron chi connectivity index (χ2n) is 8.20. The van der Waals surface area contributed by atoms with Crippen LogP contribution in [0.1, 0.15) is 24.3 Å². The van der Waals surface area contributed by atoms with Crippen molar-refractivity contribution >= 4 is 11.3 Å². The zero-order valence-electron chi connectivity index (χ0n) is 21.5. The van der Waals surface area contributed by atoms with Gasteiger partial charge in [0.05, 0.1) is 26.3 Å². The quantitative estimate of drug-likeness (QED) is 0.270. The summed E-state index contributed by atoms with van der Waals surface area (Å²) >= 11 is 1.50. The molecule has 0 atom stereocenters. The van der Waals surface area contributed by atoms with Gasteiger partial charge in [-0.25, -0.2) is 4.98 Å². The van der Waals surface area contributed by atoms with Crippen LogP contribution in [0.3, 0.4) is 0 Å². The second kappa shape index (κ2) is 11.5. The van der Waals surface area contributed by atoms with Gasteiger partial charge in [0.2, 0.25) is 11.8 Å². The molecule has 3 heterocycles. The molecule has 0 aliphatic heterocycles. The number of hydrogen-bond acceptors (Lipinski definition) is 11. The third-order valence-corrected chi connectivity index (χ3v) is 6.72. The standard InChI is InChI=1S/C27H25N5O6S/c1-4-37-14-20-29-24(33)22(27(34)32(20)23-18(35-2)11-8-12-19(23)36-3)25-31-30-21(38-25)13-17-15-39-26(28-17)16-9-6-5-7-10-16/h5-12,15,34H,4,13-14H2,1-3H3. The number of aromatic hydroxyl groups is 1. The molecule has 0 aliphatic carbocycles. The van der Waals surface area contributed by atoms with Crippen LogP contribution in [-0.2, 0) is 17.8 Å². The molecule has 2 aromatic carbocycles. The fourth-order valence-electron chi connectivity index (χ4n) is 4.00. The Bertz CT molecular complexity index is 1620. The van der Waals surface area contributed by atoms with Crippen molar-refractivity contribution in [2.24, 2.45) is 0 Å². The summed E-state index contributed by atoms with van der Waals surface area (Å²) in [5, 5.41) is 22.3. The smallest absolute Gasteiger partial charge is 0.289 e. The SMILES string of the molecule is CCOCc1nc(=O)c(-c2nnc(Cc3csc(-c4ccccc4)n3)o2)c(O)n1-c1c(OC)cccc1OC. The van der Waals surface area contributed by atoms with Crippen molar-refractivity contribution in [1.29, 1.82) is 0 Å². The number of para-hydroxylation sites is 1. The van der Waals surface area contributed by atoms with Gasteiger partial charge in [-0.15, -0.1) is 21.5 Å². The minimum atomic E-state index is -0.748. The molecule has 0 amide bonds. The predicted octanol–water partition coefficient (Wildman–Crippen LogP) is 4.26. The molecule has 5 rings (SSSR count). The molecule has 0 bridgehead atoms. The monoisotopic (exact) mass is 547 g/mol. The van der Waals surface area contributed by atoms with Crippen LogP contribution in [0, 0.1) is 0 Å². The molecule has 0 radical (unpaired) electrons. The molecule has 3 aromatic heterocycles. The average molecular weight is 548 g/mol. The van der Waals surface area contributed by atoms with Gasteiger partial charge in [-0.05, 0) is 19.1 Å². The van der Waals surface area contributed by atoms with Gasteiger partial charge in [0.1, 0.15) is 34.6 Å². The number of thiazole rings is 1. The lowest BCUT2D eigenvalue weighted by Gasteiger charge is -2.20. The maximum absolute atomic E-state index is 13.1. The van der Waals surface area contributed by atoms with Gasteiger partial charge in [0.25, 0.3) is 11.4 Å². The Morgan fingerprint density at radius 1 is 1.00 bits per heavy atom. The van der Waals surface area contributed by atoms with Crippen LogP contribution in [0.5, 0.6) is 17.4 Å². The van der Waals surface area contributed by atoms with Crippen molar-refractivity contribution in [3.63, 3.8) is 0 Å². The highest BCUT2D eigenvalue weighted by atomic mass is 32.1. The van der Waals surface area contributed by atoms with E-state index in [1.807, 2.05) is 42.6 Å². The van der Waals surface area contributed by atoms with Crippen LogP contribution in [-0.4, -0.2) is 50.7 Å². The fourth-order valence-corrected chi connectivity index (χ4v) is 4.83. The molecular formula is C27H25N5O6S. The first-order valence-electron chi connectivity index (χ1n) is 12.0. The van der Waals surface area contributed by atoms with Gasteiger partial charge >= 0.3 is 0 Å². The number of aromatic nitrogens is 5. The Labute approximate surface area is 227 Å². The zero-order valence-corrected chi connectivity index (χ0v) is 22.3. The van der Waals surface area contributed by atoms with Crippen LogP contribution in [0.2, 0.25) is 0 Å². The minimum Gasteiger partial charge on any atom is -0.494 e. The molecule has 0 aliphatic rings. The highest BCUT2D eigenvalue weighted by Crippen LogP contribution is 2.38. The molecule has 1 N–H and O–H groups in total. The molecule has 12 heteroatoms. The van der Waals surface area contributed by atoms with Gasteiger partial charge in [-0.2, -0.15) is 4.98 Å². The van der Waals surface area contributed by atoms with Crippen molar-refractivity contribution in [3.05, 3.63) is 81.7 Å². The zero-order chi connectivity index (χ0) is 27.4. The van der Waals surface area contributed by atoms with Gasteiger partial charge in [-0.1, -0.05) is 36.4 Å². The second-order valence-corrected chi connectivity index (χ2v) is 9.06. The van der Waals surface area contributed by atoms with E-state index in [1.54, 1.807) is 18.2 Å². The molecule has 11 nitrogen and oxygen atoms in total. The van der Waals surface area contributed by atoms with Gasteiger partial charge < -0.3 is 23.7 Å². The van der Waals surface area contributed by atoms with Crippen molar-refractivity contribution in [3.8, 4) is 45.1 Å². The van der Waals surface area contributed by atoms with E-state index in [2.05, 4.69) is 20.2 Å². The highest BCUT2D eigenvalue weighted by molar-refractivity contribution is 7.13. The van der Waals surface area contributed by atoms with E-state index in [0.717, 1.165) is 16.3 Å².